The van der Waals surface area contributed by atoms with Crippen LogP contribution < -0.4 is 0 Å². The molecule has 0 saturated carbocycles. The Morgan fingerprint density at radius 1 is 1.62 bits per heavy atom. The third kappa shape index (κ3) is 1.92. The fourth-order valence-corrected chi connectivity index (χ4v) is 1.58. The maximum atomic E-state index is 13.3. The van der Waals surface area contributed by atoms with Crippen molar-refractivity contribution in [2.45, 2.75) is 38.7 Å². The van der Waals surface area contributed by atoms with Crippen LogP contribution in [0.4, 0.5) is 4.39 Å². The minimum atomic E-state index is -0.898. The summed E-state index contributed by atoms with van der Waals surface area (Å²) in [6.45, 7) is 3.79. The first-order valence-electron chi connectivity index (χ1n) is 4.56. The summed E-state index contributed by atoms with van der Waals surface area (Å²) in [4.78, 5) is 0. The van der Waals surface area contributed by atoms with E-state index in [0.717, 1.165) is 0 Å². The van der Waals surface area contributed by atoms with E-state index in [0.29, 0.717) is 18.4 Å². The second-order valence-corrected chi connectivity index (χ2v) is 3.96. The van der Waals surface area contributed by atoms with Gasteiger partial charge in [0.2, 0.25) is 0 Å². The van der Waals surface area contributed by atoms with Crippen LogP contribution in [-0.4, -0.2) is 10.7 Å². The molecule has 0 saturated heterocycles. The predicted molar refractivity (Wildman–Crippen MR) is 50.6 cm³/mol. The van der Waals surface area contributed by atoms with Gasteiger partial charge in [-0.05, 0) is 18.8 Å². The zero-order valence-electron chi connectivity index (χ0n) is 8.10. The van der Waals surface area contributed by atoms with Gasteiger partial charge in [0, 0.05) is 12.0 Å². The Labute approximate surface area is 78.7 Å². The Kier molecular flexibility index (Phi) is 2.77. The highest BCUT2D eigenvalue weighted by Crippen LogP contribution is 2.37. The highest BCUT2D eigenvalue weighted by atomic mass is 19.1. The monoisotopic (exact) mass is 182 g/mol. The number of terminal acetylenes is 1. The summed E-state index contributed by atoms with van der Waals surface area (Å²) in [6.07, 6.45) is 6.25. The van der Waals surface area contributed by atoms with Crippen molar-refractivity contribution in [2.24, 2.45) is 5.92 Å². The van der Waals surface area contributed by atoms with Gasteiger partial charge >= 0.3 is 0 Å². The Hall–Kier alpha value is -0.810. The Balaban J connectivity index is 2.85. The van der Waals surface area contributed by atoms with Gasteiger partial charge in [-0.3, -0.25) is 0 Å². The lowest BCUT2D eigenvalue weighted by Crippen LogP contribution is -2.37. The van der Waals surface area contributed by atoms with Gasteiger partial charge in [0.1, 0.15) is 5.83 Å². The molecule has 0 bridgehead atoms. The van der Waals surface area contributed by atoms with Crippen LogP contribution in [0.5, 0.6) is 0 Å². The molecule has 1 atom stereocenters. The first-order chi connectivity index (χ1) is 5.99. The molecule has 1 N–H and O–H groups in total. The van der Waals surface area contributed by atoms with E-state index in [1.165, 1.54) is 0 Å². The lowest BCUT2D eigenvalue weighted by Gasteiger charge is -2.35. The lowest BCUT2D eigenvalue weighted by molar-refractivity contribution is -0.0217. The first kappa shape index (κ1) is 10.3. The highest BCUT2D eigenvalue weighted by molar-refractivity contribution is 5.31. The summed E-state index contributed by atoms with van der Waals surface area (Å²) in [6, 6.07) is 0. The van der Waals surface area contributed by atoms with Gasteiger partial charge in [0.15, 0.2) is 0 Å². The van der Waals surface area contributed by atoms with Crippen LogP contribution in [0.2, 0.25) is 0 Å². The van der Waals surface area contributed by atoms with Gasteiger partial charge in [0.05, 0.1) is 5.60 Å². The van der Waals surface area contributed by atoms with E-state index in [2.05, 4.69) is 5.92 Å². The van der Waals surface area contributed by atoms with Crippen LogP contribution >= 0.6 is 0 Å². The smallest absolute Gasteiger partial charge is 0.114 e. The molecule has 0 radical (unpaired) electrons. The molecule has 13 heavy (non-hydrogen) atoms. The van der Waals surface area contributed by atoms with Gasteiger partial charge in [0.25, 0.3) is 0 Å². The molecule has 0 aromatic heterocycles. The molecule has 1 aliphatic carbocycles. The largest absolute Gasteiger partial charge is 0.389 e. The van der Waals surface area contributed by atoms with Gasteiger partial charge in [-0.25, -0.2) is 4.39 Å². The molecule has 1 rings (SSSR count). The maximum absolute atomic E-state index is 13.3. The van der Waals surface area contributed by atoms with Crippen molar-refractivity contribution in [1.29, 1.82) is 0 Å². The van der Waals surface area contributed by atoms with Crippen molar-refractivity contribution in [3.8, 4) is 12.3 Å². The van der Waals surface area contributed by atoms with Crippen molar-refractivity contribution >= 4 is 0 Å². The predicted octanol–water partition coefficient (Wildman–Crippen LogP) is 2.41. The van der Waals surface area contributed by atoms with Crippen LogP contribution in [0, 0.1) is 18.3 Å². The topological polar surface area (TPSA) is 20.2 Å². The van der Waals surface area contributed by atoms with E-state index < -0.39 is 5.60 Å². The Morgan fingerprint density at radius 3 is 2.62 bits per heavy atom. The summed E-state index contributed by atoms with van der Waals surface area (Å²) in [7, 11) is 0. The minimum absolute atomic E-state index is 0.0672. The summed E-state index contributed by atoms with van der Waals surface area (Å²) < 4.78 is 13.3. The fourth-order valence-electron chi connectivity index (χ4n) is 1.58. The van der Waals surface area contributed by atoms with E-state index in [4.69, 9.17) is 6.42 Å². The van der Waals surface area contributed by atoms with Crippen LogP contribution in [0.25, 0.3) is 0 Å². The van der Waals surface area contributed by atoms with E-state index in [9.17, 15) is 9.50 Å². The number of halogens is 1. The first-order valence-corrected chi connectivity index (χ1v) is 4.56. The third-order valence-corrected chi connectivity index (χ3v) is 2.85. The fraction of sp³-hybridized carbons (Fsp3) is 0.636. The van der Waals surface area contributed by atoms with Crippen LogP contribution in [0.3, 0.4) is 0 Å². The van der Waals surface area contributed by atoms with Crippen LogP contribution in [-0.2, 0) is 0 Å². The van der Waals surface area contributed by atoms with Gasteiger partial charge in [-0.1, -0.05) is 19.8 Å². The molecule has 0 fully saturated rings. The zero-order chi connectivity index (χ0) is 10.1. The number of rotatable bonds is 1. The molecule has 1 unspecified atom stereocenters. The van der Waals surface area contributed by atoms with Gasteiger partial charge in [-0.15, -0.1) is 6.42 Å². The number of aliphatic hydroxyl groups is 1. The molecule has 0 spiro atoms. The second kappa shape index (κ2) is 3.51. The normalized spacial score (nSPS) is 29.2. The quantitative estimate of drug-likeness (QED) is 0.617. The van der Waals surface area contributed by atoms with E-state index in [1.807, 2.05) is 13.8 Å². The van der Waals surface area contributed by atoms with Gasteiger partial charge in [-0.2, -0.15) is 0 Å². The molecule has 0 aromatic rings. The van der Waals surface area contributed by atoms with Crippen LogP contribution in [0.15, 0.2) is 11.4 Å². The summed E-state index contributed by atoms with van der Waals surface area (Å²) in [5.41, 5.74) is -0.477. The van der Waals surface area contributed by atoms with E-state index in [-0.39, 0.29) is 18.2 Å². The zero-order valence-corrected chi connectivity index (χ0v) is 8.10. The molecular weight excluding hydrogens is 167 g/mol. The average Bonchev–Trinajstić information content (AvgIpc) is 2.04. The van der Waals surface area contributed by atoms with Crippen molar-refractivity contribution in [3.05, 3.63) is 11.4 Å². The third-order valence-electron chi connectivity index (χ3n) is 2.85. The number of hydrogen-bond donors (Lipinski definition) is 1. The molecule has 0 aromatic carbocycles. The number of hydrogen-bond acceptors (Lipinski definition) is 1. The van der Waals surface area contributed by atoms with Gasteiger partial charge < -0.3 is 5.11 Å². The molecule has 72 valence electrons. The molecular formula is C11H15FO. The summed E-state index contributed by atoms with van der Waals surface area (Å²) in [5, 5.41) is 9.99. The SMILES string of the molecule is C#CC1=C(F)CC(O)(C(C)C)CC1. The molecule has 2 heteroatoms. The average molecular weight is 182 g/mol. The number of allylic oxidation sites excluding steroid dienone is 1. The van der Waals surface area contributed by atoms with E-state index in [1.54, 1.807) is 0 Å². The Morgan fingerprint density at radius 2 is 2.23 bits per heavy atom. The summed E-state index contributed by atoms with van der Waals surface area (Å²) in [5.74, 6) is 2.08. The van der Waals surface area contributed by atoms with Crippen molar-refractivity contribution in [2.75, 3.05) is 0 Å². The molecule has 1 nitrogen and oxygen atoms in total. The van der Waals surface area contributed by atoms with Crippen LogP contribution in [0.1, 0.15) is 33.1 Å². The lowest BCUT2D eigenvalue weighted by atomic mass is 9.77. The van der Waals surface area contributed by atoms with Crippen molar-refractivity contribution < 1.29 is 9.50 Å². The highest BCUT2D eigenvalue weighted by Gasteiger charge is 2.36. The molecule has 1 aliphatic rings. The molecule has 0 aliphatic heterocycles. The molecule has 0 amide bonds. The minimum Gasteiger partial charge on any atom is -0.389 e. The summed E-state index contributed by atoms with van der Waals surface area (Å²) >= 11 is 0. The van der Waals surface area contributed by atoms with E-state index >= 15 is 0 Å². The second-order valence-electron chi connectivity index (χ2n) is 3.96. The standard InChI is InChI=1S/C11H15FO/c1-4-9-5-6-11(13,8(2)3)7-10(9)12/h1,8,13H,5-7H2,2-3H3. The van der Waals surface area contributed by atoms with Crippen molar-refractivity contribution in [3.63, 3.8) is 0 Å². The van der Waals surface area contributed by atoms with Crippen molar-refractivity contribution in [1.82, 2.24) is 0 Å². The molecule has 0 heterocycles. The maximum Gasteiger partial charge on any atom is 0.114 e. The Bertz CT molecular complexity index is 272.